The Balaban J connectivity index is 1.72. The van der Waals surface area contributed by atoms with Gasteiger partial charge in [0.25, 0.3) is 0 Å². The number of hydrogen-bond donors (Lipinski definition) is 1. The average molecular weight is 378 g/mol. The second-order valence-electron chi connectivity index (χ2n) is 6.74. The lowest BCUT2D eigenvalue weighted by Gasteiger charge is -2.28. The zero-order chi connectivity index (χ0) is 18.6. The predicted octanol–water partition coefficient (Wildman–Crippen LogP) is 3.71. The lowest BCUT2D eigenvalue weighted by atomic mass is 10.0. The summed E-state index contributed by atoms with van der Waals surface area (Å²) in [4.78, 5) is 11.1. The van der Waals surface area contributed by atoms with Crippen LogP contribution in [0.4, 0.5) is 0 Å². The molecule has 3 aromatic rings. The Morgan fingerprint density at radius 1 is 1.11 bits per heavy atom. The van der Waals surface area contributed by atoms with Crippen molar-refractivity contribution in [2.24, 2.45) is 0 Å². The van der Waals surface area contributed by atoms with Crippen LogP contribution in [-0.2, 0) is 6.54 Å². The van der Waals surface area contributed by atoms with Crippen LogP contribution in [0.1, 0.15) is 42.4 Å². The van der Waals surface area contributed by atoms with Gasteiger partial charge in [-0.2, -0.15) is 0 Å². The summed E-state index contributed by atoms with van der Waals surface area (Å²) in [6.07, 6.45) is 8.73. The summed E-state index contributed by atoms with van der Waals surface area (Å²) in [6.45, 7) is 3.88. The molecule has 1 saturated heterocycles. The largest absolute Gasteiger partial charge is 0.352 e. The molecular formula is C21H23N5S. The Kier molecular flexibility index (Phi) is 5.16. The van der Waals surface area contributed by atoms with Gasteiger partial charge in [0.1, 0.15) is 0 Å². The molecule has 0 aliphatic carbocycles. The summed E-state index contributed by atoms with van der Waals surface area (Å²) >= 11 is 5.67. The van der Waals surface area contributed by atoms with Gasteiger partial charge in [-0.05, 0) is 54.5 Å². The number of aromatic nitrogens is 3. The van der Waals surface area contributed by atoms with E-state index < -0.39 is 0 Å². The van der Waals surface area contributed by atoms with Crippen LogP contribution >= 0.6 is 12.2 Å². The quantitative estimate of drug-likeness (QED) is 0.664. The SMILES string of the molecule is CCCN1C(=S)N[C@@H](c2ccccn2)[C@H]1c1cccn1Cc1cccnc1. The van der Waals surface area contributed by atoms with Crippen molar-refractivity contribution >= 4 is 17.3 Å². The fourth-order valence-corrected chi connectivity index (χ4v) is 4.07. The molecule has 1 aliphatic heterocycles. The molecular weight excluding hydrogens is 354 g/mol. The van der Waals surface area contributed by atoms with Crippen LogP contribution in [0.25, 0.3) is 0 Å². The second-order valence-corrected chi connectivity index (χ2v) is 7.13. The van der Waals surface area contributed by atoms with Gasteiger partial charge in [0.2, 0.25) is 0 Å². The first kappa shape index (κ1) is 17.7. The maximum Gasteiger partial charge on any atom is 0.170 e. The fraction of sp³-hybridized carbons (Fsp3) is 0.286. The maximum absolute atomic E-state index is 5.67. The Labute approximate surface area is 165 Å². The van der Waals surface area contributed by atoms with Gasteiger partial charge in [-0.3, -0.25) is 9.97 Å². The molecule has 4 heterocycles. The molecule has 0 aromatic carbocycles. The minimum absolute atomic E-state index is 0.0350. The van der Waals surface area contributed by atoms with Crippen molar-refractivity contribution in [3.05, 3.63) is 84.2 Å². The van der Waals surface area contributed by atoms with Crippen molar-refractivity contribution in [2.45, 2.75) is 32.0 Å². The number of nitrogens with zero attached hydrogens (tertiary/aromatic N) is 4. The van der Waals surface area contributed by atoms with Crippen LogP contribution in [0.2, 0.25) is 0 Å². The van der Waals surface area contributed by atoms with E-state index in [2.05, 4.69) is 62.1 Å². The zero-order valence-corrected chi connectivity index (χ0v) is 16.1. The molecule has 0 amide bonds. The molecule has 0 spiro atoms. The molecule has 2 atom stereocenters. The number of pyridine rings is 2. The summed E-state index contributed by atoms with van der Waals surface area (Å²) in [5.41, 5.74) is 3.42. The highest BCUT2D eigenvalue weighted by atomic mass is 32.1. The molecule has 0 unspecified atom stereocenters. The minimum Gasteiger partial charge on any atom is -0.352 e. The highest BCUT2D eigenvalue weighted by Crippen LogP contribution is 2.38. The molecule has 1 aliphatic rings. The summed E-state index contributed by atoms with van der Waals surface area (Å²) in [5, 5.41) is 4.30. The number of hydrogen-bond acceptors (Lipinski definition) is 3. The summed E-state index contributed by atoms with van der Waals surface area (Å²) in [5.74, 6) is 0. The first-order valence-corrected chi connectivity index (χ1v) is 9.70. The third kappa shape index (κ3) is 3.57. The molecule has 1 fully saturated rings. The lowest BCUT2D eigenvalue weighted by molar-refractivity contribution is 0.304. The standard InChI is InChI=1S/C21H23N5S/c1-2-12-26-20(19(24-21(26)27)17-8-3-4-11-23-17)18-9-6-13-25(18)15-16-7-5-10-22-14-16/h3-11,13-14,19-20H,2,12,15H2,1H3,(H,24,27)/t19-,20+/m0/s1. The molecule has 27 heavy (non-hydrogen) atoms. The molecule has 6 heteroatoms. The van der Waals surface area contributed by atoms with Gasteiger partial charge in [-0.15, -0.1) is 0 Å². The van der Waals surface area contributed by atoms with E-state index in [-0.39, 0.29) is 12.1 Å². The van der Waals surface area contributed by atoms with E-state index in [0.717, 1.165) is 30.3 Å². The molecule has 0 saturated carbocycles. The normalized spacial score (nSPS) is 19.3. The monoisotopic (exact) mass is 377 g/mol. The molecule has 0 radical (unpaired) electrons. The van der Waals surface area contributed by atoms with Crippen molar-refractivity contribution in [3.8, 4) is 0 Å². The molecule has 0 bridgehead atoms. The Hall–Kier alpha value is -2.73. The first-order chi connectivity index (χ1) is 13.3. The smallest absolute Gasteiger partial charge is 0.170 e. The maximum atomic E-state index is 5.67. The van der Waals surface area contributed by atoms with Crippen molar-refractivity contribution in [3.63, 3.8) is 0 Å². The first-order valence-electron chi connectivity index (χ1n) is 9.30. The van der Waals surface area contributed by atoms with Gasteiger partial charge in [-0.1, -0.05) is 19.1 Å². The van der Waals surface area contributed by atoms with Crippen molar-refractivity contribution < 1.29 is 0 Å². The van der Waals surface area contributed by atoms with Gasteiger partial charge in [0.05, 0.1) is 17.8 Å². The van der Waals surface area contributed by atoms with Gasteiger partial charge in [0.15, 0.2) is 5.11 Å². The molecule has 1 N–H and O–H groups in total. The number of thiocarbonyl (C=S) groups is 1. The minimum atomic E-state index is 0.0350. The zero-order valence-electron chi connectivity index (χ0n) is 15.3. The number of nitrogens with one attached hydrogen (secondary N) is 1. The van der Waals surface area contributed by atoms with Crippen LogP contribution in [0.15, 0.2) is 67.3 Å². The Morgan fingerprint density at radius 2 is 2.04 bits per heavy atom. The third-order valence-corrected chi connectivity index (χ3v) is 5.26. The van der Waals surface area contributed by atoms with Crippen molar-refractivity contribution in [1.82, 2.24) is 24.8 Å². The van der Waals surface area contributed by atoms with E-state index in [9.17, 15) is 0 Å². The summed E-state index contributed by atoms with van der Waals surface area (Å²) < 4.78 is 2.29. The van der Waals surface area contributed by atoms with Crippen molar-refractivity contribution in [2.75, 3.05) is 6.54 Å². The van der Waals surface area contributed by atoms with Gasteiger partial charge >= 0.3 is 0 Å². The number of rotatable bonds is 6. The van der Waals surface area contributed by atoms with Gasteiger partial charge < -0.3 is 14.8 Å². The van der Waals surface area contributed by atoms with Crippen molar-refractivity contribution in [1.29, 1.82) is 0 Å². The van der Waals surface area contributed by atoms with Gasteiger partial charge in [0, 0.05) is 43.6 Å². The Bertz CT molecular complexity index is 893. The molecule has 138 valence electrons. The fourth-order valence-electron chi connectivity index (χ4n) is 3.74. The van der Waals surface area contributed by atoms with Crippen LogP contribution in [0.3, 0.4) is 0 Å². The molecule has 4 rings (SSSR count). The van der Waals surface area contributed by atoms with Gasteiger partial charge in [-0.25, -0.2) is 0 Å². The van der Waals surface area contributed by atoms with E-state index >= 15 is 0 Å². The van der Waals surface area contributed by atoms with E-state index in [0.29, 0.717) is 0 Å². The van der Waals surface area contributed by atoms with Crippen LogP contribution in [-0.4, -0.2) is 31.1 Å². The Morgan fingerprint density at radius 3 is 2.78 bits per heavy atom. The average Bonchev–Trinajstić information content (AvgIpc) is 3.28. The molecule has 3 aromatic heterocycles. The van der Waals surface area contributed by atoms with E-state index in [1.807, 2.05) is 30.6 Å². The van der Waals surface area contributed by atoms with Crippen LogP contribution in [0, 0.1) is 0 Å². The van der Waals surface area contributed by atoms with E-state index in [1.54, 1.807) is 6.20 Å². The van der Waals surface area contributed by atoms with E-state index in [1.165, 1.54) is 11.3 Å². The van der Waals surface area contributed by atoms with E-state index in [4.69, 9.17) is 12.2 Å². The highest BCUT2D eigenvalue weighted by molar-refractivity contribution is 7.80. The highest BCUT2D eigenvalue weighted by Gasteiger charge is 2.40. The van der Waals surface area contributed by atoms with Crippen LogP contribution in [0.5, 0.6) is 0 Å². The lowest BCUT2D eigenvalue weighted by Crippen LogP contribution is -2.31. The summed E-state index contributed by atoms with van der Waals surface area (Å²) in [6, 6.07) is 14.6. The summed E-state index contributed by atoms with van der Waals surface area (Å²) in [7, 11) is 0. The van der Waals surface area contributed by atoms with Crippen LogP contribution < -0.4 is 5.32 Å². The predicted molar refractivity (Wildman–Crippen MR) is 110 cm³/mol. The third-order valence-electron chi connectivity index (χ3n) is 4.91. The second kappa shape index (κ2) is 7.88. The molecule has 5 nitrogen and oxygen atoms in total. The topological polar surface area (TPSA) is 46.0 Å².